The second-order valence-electron chi connectivity index (χ2n) is 5.16. The maximum atomic E-state index is 12.1. The van der Waals surface area contributed by atoms with E-state index in [9.17, 15) is 9.90 Å². The zero-order valence-electron chi connectivity index (χ0n) is 12.7. The molecule has 0 spiro atoms. The SMILES string of the molecule is CC(NC(=O)CNC(CCO)c1ccccc1)c1cccs1. The van der Waals surface area contributed by atoms with Gasteiger partial charge in [0.1, 0.15) is 0 Å². The molecular weight excluding hydrogens is 296 g/mol. The number of hydrogen-bond acceptors (Lipinski definition) is 4. The van der Waals surface area contributed by atoms with E-state index in [-0.39, 0.29) is 31.1 Å². The highest BCUT2D eigenvalue weighted by atomic mass is 32.1. The minimum atomic E-state index is -0.0419. The van der Waals surface area contributed by atoms with E-state index in [2.05, 4.69) is 10.6 Å². The maximum Gasteiger partial charge on any atom is 0.234 e. The number of nitrogens with one attached hydrogen (secondary N) is 2. The van der Waals surface area contributed by atoms with Crippen LogP contribution in [0.3, 0.4) is 0 Å². The summed E-state index contributed by atoms with van der Waals surface area (Å²) >= 11 is 1.63. The molecule has 0 saturated heterocycles. The van der Waals surface area contributed by atoms with Crippen molar-refractivity contribution in [2.75, 3.05) is 13.2 Å². The summed E-state index contributed by atoms with van der Waals surface area (Å²) in [6.07, 6.45) is 0.581. The molecule has 2 atom stereocenters. The topological polar surface area (TPSA) is 61.4 Å². The first-order valence-electron chi connectivity index (χ1n) is 7.42. The molecule has 2 unspecified atom stereocenters. The highest BCUT2D eigenvalue weighted by Crippen LogP contribution is 2.18. The largest absolute Gasteiger partial charge is 0.396 e. The van der Waals surface area contributed by atoms with Crippen LogP contribution < -0.4 is 10.6 Å². The normalized spacial score (nSPS) is 13.5. The van der Waals surface area contributed by atoms with E-state index in [1.807, 2.05) is 54.8 Å². The van der Waals surface area contributed by atoms with Crippen molar-refractivity contribution in [3.8, 4) is 0 Å². The quantitative estimate of drug-likeness (QED) is 0.701. The van der Waals surface area contributed by atoms with Crippen molar-refractivity contribution >= 4 is 17.2 Å². The van der Waals surface area contributed by atoms with Gasteiger partial charge in [0.15, 0.2) is 0 Å². The number of amides is 1. The lowest BCUT2D eigenvalue weighted by Gasteiger charge is -2.19. The van der Waals surface area contributed by atoms with Gasteiger partial charge in [-0.05, 0) is 30.4 Å². The molecular formula is C17H22N2O2S. The smallest absolute Gasteiger partial charge is 0.234 e. The molecule has 0 saturated carbocycles. The summed E-state index contributed by atoms with van der Waals surface area (Å²) in [6, 6.07) is 13.9. The molecule has 0 radical (unpaired) electrons. The molecule has 2 rings (SSSR count). The number of rotatable bonds is 8. The Labute approximate surface area is 135 Å². The Hall–Kier alpha value is -1.69. The molecule has 1 heterocycles. The molecule has 2 aromatic rings. The molecule has 0 fully saturated rings. The van der Waals surface area contributed by atoms with Gasteiger partial charge in [0.25, 0.3) is 0 Å². The van der Waals surface area contributed by atoms with Crippen LogP contribution in [0.1, 0.15) is 35.9 Å². The molecule has 0 aliphatic rings. The Morgan fingerprint density at radius 1 is 1.23 bits per heavy atom. The molecule has 0 bridgehead atoms. The summed E-state index contributed by atoms with van der Waals surface area (Å²) in [5, 5.41) is 17.4. The highest BCUT2D eigenvalue weighted by Gasteiger charge is 2.14. The fourth-order valence-electron chi connectivity index (χ4n) is 2.32. The first-order valence-corrected chi connectivity index (χ1v) is 8.30. The van der Waals surface area contributed by atoms with Crippen LogP contribution in [-0.2, 0) is 4.79 Å². The molecule has 0 aliphatic heterocycles. The standard InChI is InChI=1S/C17H22N2O2S/c1-13(16-8-5-11-22-16)19-17(21)12-18-15(9-10-20)14-6-3-2-4-7-14/h2-8,11,13,15,18,20H,9-10,12H2,1H3,(H,19,21). The van der Waals surface area contributed by atoms with Crippen LogP contribution >= 0.6 is 11.3 Å². The molecule has 1 amide bonds. The monoisotopic (exact) mass is 318 g/mol. The van der Waals surface area contributed by atoms with E-state index in [1.165, 1.54) is 0 Å². The number of aliphatic hydroxyl groups is 1. The molecule has 22 heavy (non-hydrogen) atoms. The number of thiophene rings is 1. The highest BCUT2D eigenvalue weighted by molar-refractivity contribution is 7.10. The van der Waals surface area contributed by atoms with Crippen molar-refractivity contribution in [3.05, 3.63) is 58.3 Å². The zero-order chi connectivity index (χ0) is 15.8. The van der Waals surface area contributed by atoms with Crippen molar-refractivity contribution in [3.63, 3.8) is 0 Å². The molecule has 118 valence electrons. The average molecular weight is 318 g/mol. The summed E-state index contributed by atoms with van der Waals surface area (Å²) in [6.45, 7) is 2.29. The van der Waals surface area contributed by atoms with Gasteiger partial charge in [-0.15, -0.1) is 11.3 Å². The van der Waals surface area contributed by atoms with Crippen LogP contribution in [0.15, 0.2) is 47.8 Å². The molecule has 3 N–H and O–H groups in total. The third-order valence-corrected chi connectivity index (χ3v) is 4.53. The lowest BCUT2D eigenvalue weighted by molar-refractivity contribution is -0.121. The number of aliphatic hydroxyl groups excluding tert-OH is 1. The second-order valence-corrected chi connectivity index (χ2v) is 6.14. The first kappa shape index (κ1) is 16.7. The van der Waals surface area contributed by atoms with Crippen LogP contribution in [0.5, 0.6) is 0 Å². The van der Waals surface area contributed by atoms with Gasteiger partial charge in [-0.2, -0.15) is 0 Å². The average Bonchev–Trinajstić information content (AvgIpc) is 3.07. The number of hydrogen-bond donors (Lipinski definition) is 3. The van der Waals surface area contributed by atoms with Gasteiger partial charge >= 0.3 is 0 Å². The van der Waals surface area contributed by atoms with Crippen LogP contribution in [0.4, 0.5) is 0 Å². The van der Waals surface area contributed by atoms with Gasteiger partial charge in [-0.1, -0.05) is 36.4 Å². The Bertz CT molecular complexity index is 557. The Balaban J connectivity index is 1.85. The molecule has 4 nitrogen and oxygen atoms in total. The first-order chi connectivity index (χ1) is 10.7. The third kappa shape index (κ3) is 4.94. The van der Waals surface area contributed by atoms with Gasteiger partial charge in [0.2, 0.25) is 5.91 Å². The Morgan fingerprint density at radius 3 is 2.64 bits per heavy atom. The van der Waals surface area contributed by atoms with Crippen molar-refractivity contribution < 1.29 is 9.90 Å². The van der Waals surface area contributed by atoms with Crippen molar-refractivity contribution in [2.45, 2.75) is 25.4 Å². The van der Waals surface area contributed by atoms with Gasteiger partial charge in [0.05, 0.1) is 12.6 Å². The summed E-state index contributed by atoms with van der Waals surface area (Å²) in [4.78, 5) is 13.2. The van der Waals surface area contributed by atoms with Gasteiger partial charge in [0, 0.05) is 17.5 Å². The van der Waals surface area contributed by atoms with E-state index in [0.29, 0.717) is 6.42 Å². The minimum Gasteiger partial charge on any atom is -0.396 e. The molecule has 0 aliphatic carbocycles. The predicted molar refractivity (Wildman–Crippen MR) is 89.8 cm³/mol. The predicted octanol–water partition coefficient (Wildman–Crippen LogP) is 2.64. The number of benzene rings is 1. The zero-order valence-corrected chi connectivity index (χ0v) is 13.5. The van der Waals surface area contributed by atoms with E-state index in [4.69, 9.17) is 0 Å². The lowest BCUT2D eigenvalue weighted by Crippen LogP contribution is -2.37. The van der Waals surface area contributed by atoms with Gasteiger partial charge in [-0.3, -0.25) is 4.79 Å². The lowest BCUT2D eigenvalue weighted by atomic mass is 10.0. The van der Waals surface area contributed by atoms with Crippen molar-refractivity contribution in [2.24, 2.45) is 0 Å². The summed E-state index contributed by atoms with van der Waals surface area (Å²) in [5.41, 5.74) is 1.08. The minimum absolute atomic E-state index is 0.0160. The van der Waals surface area contributed by atoms with E-state index >= 15 is 0 Å². The second kappa shape index (κ2) is 8.68. The van der Waals surface area contributed by atoms with Gasteiger partial charge < -0.3 is 15.7 Å². The Kier molecular flexibility index (Phi) is 6.58. The van der Waals surface area contributed by atoms with E-state index in [0.717, 1.165) is 10.4 Å². The fraction of sp³-hybridized carbons (Fsp3) is 0.353. The molecule has 5 heteroatoms. The third-order valence-electron chi connectivity index (χ3n) is 3.48. The Morgan fingerprint density at radius 2 is 2.00 bits per heavy atom. The van der Waals surface area contributed by atoms with Crippen LogP contribution in [0.2, 0.25) is 0 Å². The van der Waals surface area contributed by atoms with Crippen molar-refractivity contribution in [1.82, 2.24) is 10.6 Å². The summed E-state index contributed by atoms with van der Waals surface area (Å²) in [5.74, 6) is -0.0419. The van der Waals surface area contributed by atoms with Crippen molar-refractivity contribution in [1.29, 1.82) is 0 Å². The van der Waals surface area contributed by atoms with Crippen LogP contribution in [0.25, 0.3) is 0 Å². The molecule has 1 aromatic carbocycles. The number of carbonyl (C=O) groups is 1. The maximum absolute atomic E-state index is 12.1. The summed E-state index contributed by atoms with van der Waals surface area (Å²) in [7, 11) is 0. The van der Waals surface area contributed by atoms with E-state index < -0.39 is 0 Å². The fourth-order valence-corrected chi connectivity index (χ4v) is 3.05. The van der Waals surface area contributed by atoms with Gasteiger partial charge in [-0.25, -0.2) is 0 Å². The van der Waals surface area contributed by atoms with Crippen LogP contribution in [0, 0.1) is 0 Å². The van der Waals surface area contributed by atoms with E-state index in [1.54, 1.807) is 11.3 Å². The molecule has 1 aromatic heterocycles. The summed E-state index contributed by atoms with van der Waals surface area (Å²) < 4.78 is 0. The number of carbonyl (C=O) groups excluding carboxylic acids is 1. The van der Waals surface area contributed by atoms with Crippen LogP contribution in [-0.4, -0.2) is 24.2 Å².